The summed E-state index contributed by atoms with van der Waals surface area (Å²) in [5.41, 5.74) is 7.52. The van der Waals surface area contributed by atoms with Crippen molar-refractivity contribution in [2.75, 3.05) is 0 Å². The van der Waals surface area contributed by atoms with Crippen LogP contribution in [-0.4, -0.2) is 0 Å². The number of pyridine rings is 2. The molecular weight excluding hydrogens is 464 g/mol. The topological polar surface area (TPSA) is 21.3 Å². The van der Waals surface area contributed by atoms with Crippen LogP contribution in [0.3, 0.4) is 0 Å². The number of para-hydroxylation sites is 2. The lowest BCUT2D eigenvalue weighted by Crippen LogP contribution is -2.27. The van der Waals surface area contributed by atoms with Crippen LogP contribution in [0.25, 0.3) is 65.6 Å². The van der Waals surface area contributed by atoms with Crippen LogP contribution in [0.15, 0.2) is 132 Å². The molecule has 0 aliphatic rings. The number of hydrogen-bond donors (Lipinski definition) is 0. The first-order chi connectivity index (χ1) is 18.8. The van der Waals surface area contributed by atoms with Gasteiger partial charge in [-0.15, -0.1) is 0 Å². The van der Waals surface area contributed by atoms with E-state index in [1.807, 2.05) is 6.07 Å². The Morgan fingerprint density at radius 2 is 1.08 bits per heavy atom. The standard InChI is InChI=1S/C35H24N2O/c1-23-11-10-20-37-31-16-6-4-15-27(31)30-17-8-9-19-36(30)32-22-34-28(21-29(32)35(23)37)25-13-3-2-12-24(25)26-14-5-7-18-33(26)38-34/h2-22H,1H3/q+2. The van der Waals surface area contributed by atoms with Gasteiger partial charge in [0.05, 0.1) is 6.07 Å². The highest BCUT2D eigenvalue weighted by Crippen LogP contribution is 2.33. The molecule has 0 saturated heterocycles. The Morgan fingerprint density at radius 1 is 0.447 bits per heavy atom. The van der Waals surface area contributed by atoms with Crippen LogP contribution in [0.4, 0.5) is 0 Å². The average molecular weight is 489 g/mol. The molecule has 178 valence electrons. The molecule has 8 rings (SSSR count). The highest BCUT2D eigenvalue weighted by molar-refractivity contribution is 6.16. The van der Waals surface area contributed by atoms with Crippen molar-refractivity contribution in [2.45, 2.75) is 6.92 Å². The van der Waals surface area contributed by atoms with Crippen LogP contribution in [0.5, 0.6) is 0 Å². The number of rotatable bonds is 0. The van der Waals surface area contributed by atoms with E-state index in [0.29, 0.717) is 0 Å². The summed E-state index contributed by atoms with van der Waals surface area (Å²) in [6, 6.07) is 40.9. The maximum atomic E-state index is 6.71. The molecule has 4 aromatic heterocycles. The molecular formula is C35H24N2O+2. The van der Waals surface area contributed by atoms with Gasteiger partial charge in [-0.1, -0.05) is 54.6 Å². The Bertz CT molecular complexity index is 2310. The number of benzene rings is 4. The van der Waals surface area contributed by atoms with Gasteiger partial charge in [0, 0.05) is 40.6 Å². The number of aryl methyl sites for hydroxylation is 1. The van der Waals surface area contributed by atoms with E-state index in [9.17, 15) is 0 Å². The van der Waals surface area contributed by atoms with Gasteiger partial charge in [-0.05, 0) is 48.0 Å². The highest BCUT2D eigenvalue weighted by Gasteiger charge is 2.21. The molecule has 0 saturated carbocycles. The quantitative estimate of drug-likeness (QED) is 0.198. The molecule has 0 fully saturated rings. The third-order valence-electron chi connectivity index (χ3n) is 7.72. The Kier molecular flexibility index (Phi) is 4.44. The van der Waals surface area contributed by atoms with Gasteiger partial charge in [0.2, 0.25) is 22.1 Å². The summed E-state index contributed by atoms with van der Waals surface area (Å²) in [6.45, 7) is 2.20. The smallest absolute Gasteiger partial charge is 0.228 e. The first kappa shape index (κ1) is 21.1. The molecule has 0 radical (unpaired) electrons. The van der Waals surface area contributed by atoms with Crippen molar-refractivity contribution in [3.05, 3.63) is 133 Å². The van der Waals surface area contributed by atoms with E-state index >= 15 is 0 Å². The van der Waals surface area contributed by atoms with Crippen molar-refractivity contribution in [2.24, 2.45) is 0 Å². The van der Waals surface area contributed by atoms with E-state index < -0.39 is 0 Å². The first-order valence-corrected chi connectivity index (χ1v) is 12.9. The van der Waals surface area contributed by atoms with E-state index in [4.69, 9.17) is 4.42 Å². The molecule has 0 aliphatic heterocycles. The van der Waals surface area contributed by atoms with Gasteiger partial charge in [0.25, 0.3) is 0 Å². The molecule has 8 aromatic rings. The second kappa shape index (κ2) is 7.99. The van der Waals surface area contributed by atoms with Gasteiger partial charge >= 0.3 is 0 Å². The molecule has 4 aromatic carbocycles. The molecule has 0 atom stereocenters. The zero-order valence-electron chi connectivity index (χ0n) is 20.9. The van der Waals surface area contributed by atoms with Crippen molar-refractivity contribution < 1.29 is 13.2 Å². The van der Waals surface area contributed by atoms with Crippen molar-refractivity contribution in [3.8, 4) is 0 Å². The van der Waals surface area contributed by atoms with E-state index in [-0.39, 0.29) is 0 Å². The van der Waals surface area contributed by atoms with E-state index in [1.165, 1.54) is 27.2 Å². The molecule has 0 amide bonds. The summed E-state index contributed by atoms with van der Waals surface area (Å²) in [4.78, 5) is 0. The van der Waals surface area contributed by atoms with Crippen molar-refractivity contribution >= 4 is 65.6 Å². The Hall–Kier alpha value is -5.02. The van der Waals surface area contributed by atoms with Crippen molar-refractivity contribution in [3.63, 3.8) is 0 Å². The third kappa shape index (κ3) is 2.96. The third-order valence-corrected chi connectivity index (χ3v) is 7.72. The fraction of sp³-hybridized carbons (Fsp3) is 0.0286. The predicted octanol–water partition coefficient (Wildman–Crippen LogP) is 7.96. The molecule has 0 unspecified atom stereocenters. The minimum atomic E-state index is 0.859. The summed E-state index contributed by atoms with van der Waals surface area (Å²) in [7, 11) is 0. The molecule has 0 spiro atoms. The van der Waals surface area contributed by atoms with Crippen LogP contribution in [0, 0.1) is 6.92 Å². The molecule has 0 bridgehead atoms. The summed E-state index contributed by atoms with van der Waals surface area (Å²) in [6.07, 6.45) is 4.33. The van der Waals surface area contributed by atoms with Crippen LogP contribution >= 0.6 is 0 Å². The van der Waals surface area contributed by atoms with Gasteiger partial charge in [0.1, 0.15) is 21.9 Å². The van der Waals surface area contributed by atoms with E-state index in [0.717, 1.165) is 43.9 Å². The van der Waals surface area contributed by atoms with Crippen LogP contribution in [0.2, 0.25) is 0 Å². The number of fused-ring (bicyclic) bond motifs is 13. The van der Waals surface area contributed by atoms with Crippen molar-refractivity contribution in [1.82, 2.24) is 0 Å². The van der Waals surface area contributed by atoms with Gasteiger partial charge in [-0.2, -0.15) is 8.80 Å². The van der Waals surface area contributed by atoms with Gasteiger partial charge in [-0.3, -0.25) is 0 Å². The summed E-state index contributed by atoms with van der Waals surface area (Å²) in [5, 5.41) is 6.91. The van der Waals surface area contributed by atoms with Gasteiger partial charge in [-0.25, -0.2) is 0 Å². The molecule has 0 N–H and O–H groups in total. The summed E-state index contributed by atoms with van der Waals surface area (Å²) in [5.74, 6) is 0. The lowest BCUT2D eigenvalue weighted by Gasteiger charge is -2.04. The number of nitrogens with zero attached hydrogens (tertiary/aromatic N) is 2. The molecule has 3 heteroatoms. The lowest BCUT2D eigenvalue weighted by atomic mass is 10.0. The molecule has 4 heterocycles. The summed E-state index contributed by atoms with van der Waals surface area (Å²) >= 11 is 0. The zero-order chi connectivity index (χ0) is 25.2. The maximum absolute atomic E-state index is 6.71. The fourth-order valence-electron chi connectivity index (χ4n) is 6.04. The van der Waals surface area contributed by atoms with Gasteiger partial charge < -0.3 is 4.42 Å². The van der Waals surface area contributed by atoms with Crippen LogP contribution in [-0.2, 0) is 0 Å². The average Bonchev–Trinajstić information content (AvgIpc) is 3.10. The molecule has 3 nitrogen and oxygen atoms in total. The lowest BCUT2D eigenvalue weighted by molar-refractivity contribution is -0.488. The molecule has 38 heavy (non-hydrogen) atoms. The minimum Gasteiger partial charge on any atom is -0.456 e. The Labute approximate surface area is 218 Å². The minimum absolute atomic E-state index is 0.859. The normalized spacial score (nSPS) is 11.8. The maximum Gasteiger partial charge on any atom is 0.228 e. The monoisotopic (exact) mass is 488 g/mol. The second-order valence-electron chi connectivity index (χ2n) is 9.89. The van der Waals surface area contributed by atoms with Crippen LogP contribution < -0.4 is 8.80 Å². The summed E-state index contributed by atoms with van der Waals surface area (Å²) < 4.78 is 11.3. The fourth-order valence-corrected chi connectivity index (χ4v) is 6.04. The first-order valence-electron chi connectivity index (χ1n) is 12.9. The Balaban J connectivity index is 1.78. The Morgan fingerprint density at radius 3 is 1.92 bits per heavy atom. The zero-order valence-corrected chi connectivity index (χ0v) is 20.9. The van der Waals surface area contributed by atoms with E-state index in [2.05, 4.69) is 137 Å². The second-order valence-corrected chi connectivity index (χ2v) is 9.89. The van der Waals surface area contributed by atoms with Crippen molar-refractivity contribution in [1.29, 1.82) is 0 Å². The number of aromatic nitrogens is 2. The predicted molar refractivity (Wildman–Crippen MR) is 155 cm³/mol. The largest absolute Gasteiger partial charge is 0.456 e. The van der Waals surface area contributed by atoms with E-state index in [1.54, 1.807) is 0 Å². The van der Waals surface area contributed by atoms with Gasteiger partial charge in [0.15, 0.2) is 12.4 Å². The molecule has 0 aliphatic carbocycles. The highest BCUT2D eigenvalue weighted by atomic mass is 16.3. The SMILES string of the molecule is Cc1ccc[n+]2c3ccccc3c3cccc[n+]3c3cc4oc5ccccc5c5ccccc5c4cc3c12. The van der Waals surface area contributed by atoms with Crippen LogP contribution in [0.1, 0.15) is 5.56 Å². The number of hydrogen-bond acceptors (Lipinski definition) is 1.